The fourth-order valence-corrected chi connectivity index (χ4v) is 4.20. The Hall–Kier alpha value is -2.68. The summed E-state index contributed by atoms with van der Waals surface area (Å²) < 4.78 is 2.91. The number of anilines is 1. The monoisotopic (exact) mass is 513 g/mol. The van der Waals surface area contributed by atoms with E-state index in [0.717, 1.165) is 27.0 Å². The van der Waals surface area contributed by atoms with Gasteiger partial charge in [-0.25, -0.2) is 0 Å². The lowest BCUT2D eigenvalue weighted by atomic mass is 10.2. The molecule has 6 nitrogen and oxygen atoms in total. The van der Waals surface area contributed by atoms with Gasteiger partial charge in [-0.2, -0.15) is 0 Å². The number of carbonyl (C=O) groups excluding carboxylic acids is 1. The van der Waals surface area contributed by atoms with Crippen LogP contribution in [0.25, 0.3) is 17.1 Å². The Labute approximate surface area is 197 Å². The largest absolute Gasteiger partial charge is 0.325 e. The average molecular weight is 515 g/mol. The van der Waals surface area contributed by atoms with Crippen LogP contribution in [-0.4, -0.2) is 31.4 Å². The summed E-state index contributed by atoms with van der Waals surface area (Å²) in [5.41, 5.74) is 3.43. The van der Waals surface area contributed by atoms with E-state index < -0.39 is 0 Å². The van der Waals surface area contributed by atoms with Crippen molar-refractivity contribution >= 4 is 50.9 Å². The molecule has 31 heavy (non-hydrogen) atoms. The van der Waals surface area contributed by atoms with E-state index in [4.69, 9.17) is 11.6 Å². The molecular weight excluding hydrogens is 498 g/mol. The van der Waals surface area contributed by atoms with Gasteiger partial charge < -0.3 is 5.32 Å². The van der Waals surface area contributed by atoms with Gasteiger partial charge in [0.25, 0.3) is 0 Å². The first-order valence-electron chi connectivity index (χ1n) is 9.32. The molecular formula is C22H17BrClN5OS. The second kappa shape index (κ2) is 9.64. The van der Waals surface area contributed by atoms with Crippen molar-refractivity contribution in [3.8, 4) is 17.1 Å². The number of nitrogens with one attached hydrogen (secondary N) is 1. The highest BCUT2D eigenvalue weighted by atomic mass is 79.9. The summed E-state index contributed by atoms with van der Waals surface area (Å²) in [7, 11) is 0. The zero-order valence-corrected chi connectivity index (χ0v) is 19.6. The Morgan fingerprint density at radius 3 is 2.55 bits per heavy atom. The molecule has 0 saturated carbocycles. The lowest BCUT2D eigenvalue weighted by Crippen LogP contribution is -2.15. The number of halogens is 2. The normalized spacial score (nSPS) is 10.8. The second-order valence-electron chi connectivity index (χ2n) is 6.65. The molecule has 1 amide bonds. The predicted octanol–water partition coefficient (Wildman–Crippen LogP) is 5.78. The highest BCUT2D eigenvalue weighted by molar-refractivity contribution is 9.10. The van der Waals surface area contributed by atoms with E-state index in [1.54, 1.807) is 24.5 Å². The molecule has 2 aromatic carbocycles. The van der Waals surface area contributed by atoms with Crippen molar-refractivity contribution in [1.29, 1.82) is 0 Å². The third-order valence-corrected chi connectivity index (χ3v) is 6.14. The summed E-state index contributed by atoms with van der Waals surface area (Å²) in [6.45, 7) is 1.90. The summed E-state index contributed by atoms with van der Waals surface area (Å²) in [5, 5.41) is 12.9. The topological polar surface area (TPSA) is 72.7 Å². The van der Waals surface area contributed by atoms with Crippen LogP contribution in [0.4, 0.5) is 5.69 Å². The lowest BCUT2D eigenvalue weighted by Gasteiger charge is -2.11. The van der Waals surface area contributed by atoms with Crippen LogP contribution in [-0.2, 0) is 4.79 Å². The molecule has 4 aromatic rings. The van der Waals surface area contributed by atoms with Crippen LogP contribution >= 0.6 is 39.3 Å². The fraction of sp³-hybridized carbons (Fsp3) is 0.0909. The van der Waals surface area contributed by atoms with E-state index >= 15 is 0 Å². The quantitative estimate of drug-likeness (QED) is 0.330. The highest BCUT2D eigenvalue weighted by Crippen LogP contribution is 2.29. The molecule has 0 saturated heterocycles. The molecule has 1 N–H and O–H groups in total. The smallest absolute Gasteiger partial charge is 0.234 e. The Morgan fingerprint density at radius 2 is 1.84 bits per heavy atom. The molecule has 156 valence electrons. The number of aromatic nitrogens is 4. The van der Waals surface area contributed by atoms with E-state index in [9.17, 15) is 4.79 Å². The molecule has 9 heteroatoms. The fourth-order valence-electron chi connectivity index (χ4n) is 2.96. The number of amides is 1. The molecule has 0 aliphatic rings. The zero-order valence-electron chi connectivity index (χ0n) is 16.4. The molecule has 0 aliphatic carbocycles. The first-order chi connectivity index (χ1) is 15.0. The number of carbonyl (C=O) groups is 1. The number of thioether (sulfide) groups is 1. The Morgan fingerprint density at radius 1 is 1.10 bits per heavy atom. The van der Waals surface area contributed by atoms with E-state index in [0.29, 0.717) is 16.0 Å². The number of hydrogen-bond acceptors (Lipinski definition) is 5. The van der Waals surface area contributed by atoms with Crippen molar-refractivity contribution in [3.63, 3.8) is 0 Å². The second-order valence-corrected chi connectivity index (χ2v) is 8.94. The first-order valence-corrected chi connectivity index (χ1v) is 11.5. The SMILES string of the molecule is Cc1cc(Cl)ccc1NC(=O)CSc1nnc(-c2ccncc2)n1-c1ccc(Br)cc1. The van der Waals surface area contributed by atoms with Crippen LogP contribution in [0.1, 0.15) is 5.56 Å². The number of aryl methyl sites for hydroxylation is 1. The third-order valence-electron chi connectivity index (χ3n) is 4.45. The van der Waals surface area contributed by atoms with Gasteiger partial charge in [0.15, 0.2) is 11.0 Å². The summed E-state index contributed by atoms with van der Waals surface area (Å²) in [5.74, 6) is 0.736. The van der Waals surface area contributed by atoms with E-state index in [2.05, 4.69) is 36.4 Å². The minimum absolute atomic E-state index is 0.133. The third kappa shape index (κ3) is 5.15. The number of rotatable bonds is 6. The Balaban J connectivity index is 1.58. The van der Waals surface area contributed by atoms with E-state index in [1.807, 2.05) is 54.0 Å². The maximum absolute atomic E-state index is 12.6. The molecule has 0 unspecified atom stereocenters. The number of pyridine rings is 1. The minimum atomic E-state index is -0.133. The molecule has 0 bridgehead atoms. The van der Waals surface area contributed by atoms with Gasteiger partial charge >= 0.3 is 0 Å². The molecule has 0 fully saturated rings. The van der Waals surface area contributed by atoms with Gasteiger partial charge in [0.2, 0.25) is 5.91 Å². The molecule has 0 radical (unpaired) electrons. The number of benzene rings is 2. The van der Waals surface area contributed by atoms with Crippen LogP contribution in [0.15, 0.2) is 76.6 Å². The predicted molar refractivity (Wildman–Crippen MR) is 128 cm³/mol. The summed E-state index contributed by atoms with van der Waals surface area (Å²) in [6.07, 6.45) is 3.43. The van der Waals surface area contributed by atoms with Crippen molar-refractivity contribution < 1.29 is 4.79 Å². The summed E-state index contributed by atoms with van der Waals surface area (Å²) in [4.78, 5) is 16.6. The Kier molecular flexibility index (Phi) is 6.70. The lowest BCUT2D eigenvalue weighted by molar-refractivity contribution is -0.113. The maximum Gasteiger partial charge on any atom is 0.234 e. The standard InChI is InChI=1S/C22H17BrClN5OS/c1-14-12-17(24)4-7-19(14)26-20(30)13-31-22-28-27-21(15-8-10-25-11-9-15)29(22)18-5-2-16(23)3-6-18/h2-12H,13H2,1H3,(H,26,30). The van der Waals surface area contributed by atoms with Gasteiger partial charge in [0.1, 0.15) is 0 Å². The van der Waals surface area contributed by atoms with Crippen molar-refractivity contribution in [3.05, 3.63) is 82.0 Å². The van der Waals surface area contributed by atoms with Crippen LogP contribution in [0.3, 0.4) is 0 Å². The van der Waals surface area contributed by atoms with Crippen LogP contribution < -0.4 is 5.32 Å². The van der Waals surface area contributed by atoms with Crippen molar-refractivity contribution in [2.24, 2.45) is 0 Å². The number of nitrogens with zero attached hydrogens (tertiary/aromatic N) is 4. The van der Waals surface area contributed by atoms with Crippen molar-refractivity contribution in [1.82, 2.24) is 19.7 Å². The van der Waals surface area contributed by atoms with Crippen LogP contribution in [0.2, 0.25) is 5.02 Å². The summed E-state index contributed by atoms with van der Waals surface area (Å²) >= 11 is 10.8. The molecule has 0 atom stereocenters. The van der Waals surface area contributed by atoms with Gasteiger partial charge in [-0.3, -0.25) is 14.3 Å². The van der Waals surface area contributed by atoms with Gasteiger partial charge in [0.05, 0.1) is 5.75 Å². The Bertz CT molecular complexity index is 1210. The molecule has 0 aliphatic heterocycles. The van der Waals surface area contributed by atoms with Gasteiger partial charge in [-0.1, -0.05) is 39.3 Å². The van der Waals surface area contributed by atoms with Gasteiger partial charge in [-0.05, 0) is 67.1 Å². The summed E-state index contributed by atoms with van der Waals surface area (Å²) in [6, 6.07) is 17.0. The van der Waals surface area contributed by atoms with E-state index in [1.165, 1.54) is 11.8 Å². The van der Waals surface area contributed by atoms with E-state index in [-0.39, 0.29) is 11.7 Å². The molecule has 2 heterocycles. The van der Waals surface area contributed by atoms with Gasteiger partial charge in [-0.15, -0.1) is 10.2 Å². The van der Waals surface area contributed by atoms with Crippen molar-refractivity contribution in [2.45, 2.75) is 12.1 Å². The molecule has 0 spiro atoms. The molecule has 4 rings (SSSR count). The van der Waals surface area contributed by atoms with Crippen molar-refractivity contribution in [2.75, 3.05) is 11.1 Å². The minimum Gasteiger partial charge on any atom is -0.325 e. The zero-order chi connectivity index (χ0) is 21.8. The highest BCUT2D eigenvalue weighted by Gasteiger charge is 2.17. The maximum atomic E-state index is 12.6. The first kappa shape index (κ1) is 21.5. The van der Waals surface area contributed by atoms with Crippen LogP contribution in [0, 0.1) is 6.92 Å². The van der Waals surface area contributed by atoms with Crippen LogP contribution in [0.5, 0.6) is 0 Å². The number of hydrogen-bond donors (Lipinski definition) is 1. The average Bonchev–Trinajstić information content (AvgIpc) is 3.19. The molecule has 2 aromatic heterocycles. The van der Waals surface area contributed by atoms with Gasteiger partial charge in [0, 0.05) is 38.8 Å².